The first-order valence-corrected chi connectivity index (χ1v) is 8.73. The maximum atomic E-state index is 11.0. The second-order valence-corrected chi connectivity index (χ2v) is 6.28. The van der Waals surface area contributed by atoms with Gasteiger partial charge in [0, 0.05) is 22.6 Å². The van der Waals surface area contributed by atoms with Gasteiger partial charge in [-0.15, -0.1) is 0 Å². The number of nitro benzene ring substituents is 1. The van der Waals surface area contributed by atoms with E-state index in [0.29, 0.717) is 5.56 Å². The average Bonchev–Trinajstić information content (AvgIpc) is 2.72. The largest absolute Gasteiger partial charge is 0.502 e. The molecular weight excluding hydrogens is 352 g/mol. The van der Waals surface area contributed by atoms with E-state index in [-0.39, 0.29) is 11.4 Å². The van der Waals surface area contributed by atoms with Gasteiger partial charge in [-0.3, -0.25) is 10.1 Å². The Balaban J connectivity index is 1.75. The number of fused-ring (bicyclic) bond motifs is 1. The first kappa shape index (κ1) is 17.4. The molecule has 0 fully saturated rings. The zero-order valence-electron chi connectivity index (χ0n) is 14.8. The molecule has 1 aromatic heterocycles. The quantitative estimate of drug-likeness (QED) is 0.285. The van der Waals surface area contributed by atoms with Crippen LogP contribution in [0.4, 0.5) is 5.69 Å². The molecule has 0 unspecified atom stereocenters. The minimum atomic E-state index is -0.598. The molecule has 0 atom stereocenters. The summed E-state index contributed by atoms with van der Waals surface area (Å²) in [6.45, 7) is 0. The third-order valence-corrected chi connectivity index (χ3v) is 4.52. The average molecular weight is 368 g/mol. The number of aromatic hydroxyl groups is 1. The lowest BCUT2D eigenvalue weighted by Crippen LogP contribution is -1.90. The molecule has 5 heteroatoms. The van der Waals surface area contributed by atoms with E-state index in [1.807, 2.05) is 66.7 Å². The van der Waals surface area contributed by atoms with Crippen molar-refractivity contribution in [1.29, 1.82) is 0 Å². The number of para-hydroxylation sites is 2. The Hall–Kier alpha value is -3.99. The van der Waals surface area contributed by atoms with Crippen LogP contribution in [0.2, 0.25) is 0 Å². The lowest BCUT2D eigenvalue weighted by molar-refractivity contribution is -0.385. The van der Waals surface area contributed by atoms with E-state index in [1.54, 1.807) is 18.2 Å². The van der Waals surface area contributed by atoms with E-state index in [2.05, 4.69) is 0 Å². The first-order valence-electron chi connectivity index (χ1n) is 8.73. The Kier molecular flexibility index (Phi) is 4.56. The normalized spacial score (nSPS) is 11.1. The third-order valence-electron chi connectivity index (χ3n) is 4.52. The van der Waals surface area contributed by atoms with Crippen LogP contribution in [-0.2, 0) is 0 Å². The van der Waals surface area contributed by atoms with Crippen molar-refractivity contribution in [3.05, 3.63) is 100 Å². The minimum Gasteiger partial charge on any atom is -0.502 e. The number of hydrogen-bond donors (Lipinski definition) is 1. The van der Waals surface area contributed by atoms with Crippen LogP contribution in [0, 0.1) is 10.1 Å². The predicted molar refractivity (Wildman–Crippen MR) is 111 cm³/mol. The van der Waals surface area contributed by atoms with E-state index < -0.39 is 4.92 Å². The summed E-state index contributed by atoms with van der Waals surface area (Å²) in [5, 5.41) is 22.2. The van der Waals surface area contributed by atoms with Gasteiger partial charge < -0.3 is 5.11 Å². The number of benzene rings is 3. The van der Waals surface area contributed by atoms with Gasteiger partial charge >= 0.3 is 5.69 Å². The molecule has 0 aliphatic heterocycles. The second-order valence-electron chi connectivity index (χ2n) is 6.28. The van der Waals surface area contributed by atoms with E-state index in [0.717, 1.165) is 27.7 Å². The molecule has 136 valence electrons. The molecule has 0 radical (unpaired) electrons. The summed E-state index contributed by atoms with van der Waals surface area (Å²) < 4.78 is 0. The van der Waals surface area contributed by atoms with Gasteiger partial charge in [0.2, 0.25) is 5.75 Å². The predicted octanol–water partition coefficient (Wildman–Crippen LogP) is 5.69. The summed E-state index contributed by atoms with van der Waals surface area (Å²) in [5.41, 5.74) is 3.66. The van der Waals surface area contributed by atoms with Crippen molar-refractivity contribution in [1.82, 2.24) is 4.98 Å². The summed E-state index contributed by atoms with van der Waals surface area (Å²) >= 11 is 0. The molecular formula is C23H16N2O3. The zero-order chi connectivity index (χ0) is 19.5. The molecule has 5 nitrogen and oxygen atoms in total. The molecule has 3 aromatic carbocycles. The van der Waals surface area contributed by atoms with Crippen molar-refractivity contribution in [2.24, 2.45) is 0 Å². The number of hydrogen-bond acceptors (Lipinski definition) is 4. The van der Waals surface area contributed by atoms with Crippen molar-refractivity contribution in [3.8, 4) is 17.0 Å². The standard InChI is InChI=1S/C23H16N2O3/c26-23-18(8-5-11-22(23)25(27)28)13-12-16-6-1-3-9-19(16)21-15-14-17-7-2-4-10-20(17)24-21/h1-15,26H/b13-12+. The molecule has 0 amide bonds. The van der Waals surface area contributed by atoms with Crippen LogP contribution in [-0.4, -0.2) is 15.0 Å². The highest BCUT2D eigenvalue weighted by atomic mass is 16.6. The fraction of sp³-hybridized carbons (Fsp3) is 0. The Bertz CT molecular complexity index is 1220. The Morgan fingerprint density at radius 2 is 1.54 bits per heavy atom. The molecule has 4 aromatic rings. The number of nitro groups is 1. The monoisotopic (exact) mass is 368 g/mol. The summed E-state index contributed by atoms with van der Waals surface area (Å²) in [6, 6.07) is 24.2. The lowest BCUT2D eigenvalue weighted by Gasteiger charge is -2.07. The highest BCUT2D eigenvalue weighted by Crippen LogP contribution is 2.31. The van der Waals surface area contributed by atoms with E-state index in [1.165, 1.54) is 6.07 Å². The number of aromatic nitrogens is 1. The summed E-state index contributed by atoms with van der Waals surface area (Å²) in [7, 11) is 0. The van der Waals surface area contributed by atoms with Crippen molar-refractivity contribution >= 4 is 28.7 Å². The number of nitrogens with zero attached hydrogens (tertiary/aromatic N) is 2. The van der Waals surface area contributed by atoms with Crippen LogP contribution in [0.5, 0.6) is 5.75 Å². The van der Waals surface area contributed by atoms with Gasteiger partial charge in [0.15, 0.2) is 0 Å². The van der Waals surface area contributed by atoms with Crippen molar-refractivity contribution < 1.29 is 10.0 Å². The number of phenolic OH excluding ortho intramolecular Hbond substituents is 1. The molecule has 0 saturated carbocycles. The van der Waals surface area contributed by atoms with Crippen LogP contribution < -0.4 is 0 Å². The molecule has 1 N–H and O–H groups in total. The van der Waals surface area contributed by atoms with Crippen molar-refractivity contribution in [2.75, 3.05) is 0 Å². The van der Waals surface area contributed by atoms with Crippen molar-refractivity contribution in [2.45, 2.75) is 0 Å². The molecule has 28 heavy (non-hydrogen) atoms. The first-order chi connectivity index (χ1) is 13.6. The van der Waals surface area contributed by atoms with Crippen LogP contribution >= 0.6 is 0 Å². The maximum Gasteiger partial charge on any atom is 0.311 e. The number of phenols is 1. The summed E-state index contributed by atoms with van der Waals surface area (Å²) in [6.07, 6.45) is 3.49. The van der Waals surface area contributed by atoms with Crippen LogP contribution in [0.1, 0.15) is 11.1 Å². The number of rotatable bonds is 4. The molecule has 0 aliphatic carbocycles. The second kappa shape index (κ2) is 7.32. The maximum absolute atomic E-state index is 11.0. The van der Waals surface area contributed by atoms with Crippen molar-refractivity contribution in [3.63, 3.8) is 0 Å². The van der Waals surface area contributed by atoms with E-state index in [4.69, 9.17) is 4.98 Å². The van der Waals surface area contributed by atoms with Gasteiger partial charge in [0.05, 0.1) is 16.1 Å². The summed E-state index contributed by atoms with van der Waals surface area (Å²) in [4.78, 5) is 15.2. The Morgan fingerprint density at radius 3 is 2.39 bits per heavy atom. The minimum absolute atomic E-state index is 0.313. The van der Waals surface area contributed by atoms with Crippen LogP contribution in [0.3, 0.4) is 0 Å². The van der Waals surface area contributed by atoms with Gasteiger partial charge in [0.25, 0.3) is 0 Å². The Labute approximate surface area is 161 Å². The van der Waals surface area contributed by atoms with Gasteiger partial charge in [-0.25, -0.2) is 4.98 Å². The van der Waals surface area contributed by atoms with Crippen LogP contribution in [0.15, 0.2) is 78.9 Å². The third kappa shape index (κ3) is 3.33. The van der Waals surface area contributed by atoms with Gasteiger partial charge in [-0.05, 0) is 17.7 Å². The molecule has 0 bridgehead atoms. The summed E-state index contributed by atoms with van der Waals surface area (Å²) in [5.74, 6) is -0.343. The molecule has 0 aliphatic rings. The number of pyridine rings is 1. The fourth-order valence-corrected chi connectivity index (χ4v) is 3.10. The highest BCUT2D eigenvalue weighted by Gasteiger charge is 2.14. The smallest absolute Gasteiger partial charge is 0.311 e. The van der Waals surface area contributed by atoms with Crippen LogP contribution in [0.25, 0.3) is 34.3 Å². The molecule has 1 heterocycles. The Morgan fingerprint density at radius 1 is 0.821 bits per heavy atom. The molecule has 4 rings (SSSR count). The molecule has 0 saturated heterocycles. The van der Waals surface area contributed by atoms with Gasteiger partial charge in [0.1, 0.15) is 0 Å². The lowest BCUT2D eigenvalue weighted by atomic mass is 10.0. The van der Waals surface area contributed by atoms with Gasteiger partial charge in [-0.1, -0.05) is 72.8 Å². The molecule has 0 spiro atoms. The fourth-order valence-electron chi connectivity index (χ4n) is 3.10. The highest BCUT2D eigenvalue weighted by molar-refractivity contribution is 5.85. The van der Waals surface area contributed by atoms with Gasteiger partial charge in [-0.2, -0.15) is 0 Å². The topological polar surface area (TPSA) is 76.3 Å². The SMILES string of the molecule is O=[N+]([O-])c1cccc(/C=C/c2ccccc2-c2ccc3ccccc3n2)c1O. The van der Waals surface area contributed by atoms with E-state index in [9.17, 15) is 15.2 Å². The van der Waals surface area contributed by atoms with E-state index >= 15 is 0 Å². The zero-order valence-corrected chi connectivity index (χ0v) is 14.8.